The van der Waals surface area contributed by atoms with Gasteiger partial charge < -0.3 is 20.1 Å². The number of carbonyl (C=O) groups is 2. The lowest BCUT2D eigenvalue weighted by Crippen LogP contribution is -2.31. The van der Waals surface area contributed by atoms with E-state index >= 15 is 8.78 Å². The molecule has 0 saturated heterocycles. The molecule has 0 fully saturated rings. The van der Waals surface area contributed by atoms with Crippen LogP contribution in [-0.2, 0) is 33.3 Å². The number of ether oxygens (including phenoxy) is 2. The Morgan fingerprint density at radius 1 is 0.562 bits per heavy atom. The van der Waals surface area contributed by atoms with Crippen molar-refractivity contribution in [3.63, 3.8) is 0 Å². The van der Waals surface area contributed by atoms with Crippen molar-refractivity contribution in [3.8, 4) is 11.5 Å². The second kappa shape index (κ2) is 12.2. The molecule has 4 aromatic carbocycles. The van der Waals surface area contributed by atoms with E-state index in [2.05, 4.69) is 10.6 Å². The fraction of sp³-hybridized carbons (Fsp3) is 0.188. The van der Waals surface area contributed by atoms with Crippen LogP contribution in [0.4, 0.5) is 46.5 Å². The van der Waals surface area contributed by atoms with Crippen LogP contribution in [0.5, 0.6) is 11.5 Å². The number of halogens is 10. The third-order valence-corrected chi connectivity index (χ3v) is 8.09. The van der Waals surface area contributed by atoms with Crippen molar-refractivity contribution in [2.45, 2.75) is 23.7 Å². The summed E-state index contributed by atoms with van der Waals surface area (Å²) in [6.07, 6.45) is -9.20. The molecule has 2 heterocycles. The fourth-order valence-electron chi connectivity index (χ4n) is 5.34. The van der Waals surface area contributed by atoms with Gasteiger partial charge in [-0.2, -0.15) is 26.3 Å². The van der Waals surface area contributed by atoms with Crippen LogP contribution in [0.2, 0.25) is 10.0 Å². The predicted octanol–water partition coefficient (Wildman–Crippen LogP) is 9.07. The van der Waals surface area contributed by atoms with Crippen LogP contribution in [0.25, 0.3) is 0 Å². The standard InChI is InChI=1S/2C16H10ClF4NO2/c2*1-24-13-5-3-9(17)7-11(13)15(18)10-4-2-8(16(19,20)21)6-12(10)22-14(15)23/h2*2-7H,1H3,(H,22,23)/t2*15-/m00/s1. The molecular weight excluding hydrogens is 699 g/mol. The zero-order valence-corrected chi connectivity index (χ0v) is 25.9. The Balaban J connectivity index is 0.000000188. The lowest BCUT2D eigenvalue weighted by molar-refractivity contribution is -0.138. The largest absolute Gasteiger partial charge is 0.496 e. The first-order valence-electron chi connectivity index (χ1n) is 13.5. The van der Waals surface area contributed by atoms with Crippen molar-refractivity contribution in [3.05, 3.63) is 116 Å². The third-order valence-electron chi connectivity index (χ3n) is 7.62. The SMILES string of the molecule is COc1ccc(Cl)cc1[C@]1(F)C(=O)Nc2cc(C(F)(F)F)ccc21.COc1ccc(Cl)cc1[C@]1(F)C(=O)Nc2cc(C(F)(F)F)ccc21. The van der Waals surface area contributed by atoms with E-state index in [-0.39, 0.29) is 55.2 Å². The molecule has 48 heavy (non-hydrogen) atoms. The van der Waals surface area contributed by atoms with Crippen molar-refractivity contribution in [1.82, 2.24) is 0 Å². The van der Waals surface area contributed by atoms with Gasteiger partial charge in [-0.3, -0.25) is 9.59 Å². The molecule has 0 spiro atoms. The normalized spacial score (nSPS) is 19.8. The zero-order valence-electron chi connectivity index (χ0n) is 24.3. The Hall–Kier alpha value is -4.56. The third kappa shape index (κ3) is 5.87. The summed E-state index contributed by atoms with van der Waals surface area (Å²) in [4.78, 5) is 24.5. The predicted molar refractivity (Wildman–Crippen MR) is 160 cm³/mol. The average Bonchev–Trinajstić information content (AvgIpc) is 3.44. The van der Waals surface area contributed by atoms with Gasteiger partial charge in [0.25, 0.3) is 11.8 Å². The van der Waals surface area contributed by atoms with E-state index in [1.165, 1.54) is 50.6 Å². The molecule has 16 heteroatoms. The fourth-order valence-corrected chi connectivity index (χ4v) is 5.69. The first-order chi connectivity index (χ1) is 22.3. The lowest BCUT2D eigenvalue weighted by Gasteiger charge is -2.21. The van der Waals surface area contributed by atoms with Crippen molar-refractivity contribution in [1.29, 1.82) is 0 Å². The number of benzene rings is 4. The zero-order chi connectivity index (χ0) is 35.4. The molecule has 6 rings (SSSR count). The summed E-state index contributed by atoms with van der Waals surface area (Å²) >= 11 is 11.7. The summed E-state index contributed by atoms with van der Waals surface area (Å²) in [7, 11) is 2.58. The first kappa shape index (κ1) is 34.8. The number of hydrogen-bond acceptors (Lipinski definition) is 4. The highest BCUT2D eigenvalue weighted by atomic mass is 35.5. The maximum absolute atomic E-state index is 15.7. The van der Waals surface area contributed by atoms with Crippen molar-refractivity contribution in [2.75, 3.05) is 24.9 Å². The molecule has 4 aromatic rings. The highest BCUT2D eigenvalue weighted by molar-refractivity contribution is 6.31. The number of carbonyl (C=O) groups excluding carboxylic acids is 2. The van der Waals surface area contributed by atoms with Gasteiger partial charge in [0, 0.05) is 43.7 Å². The van der Waals surface area contributed by atoms with Gasteiger partial charge in [0.2, 0.25) is 11.3 Å². The molecule has 0 bridgehead atoms. The molecule has 2 N–H and O–H groups in total. The summed E-state index contributed by atoms with van der Waals surface area (Å²) in [5.74, 6) is -2.08. The summed E-state index contributed by atoms with van der Waals surface area (Å²) < 4.78 is 118. The van der Waals surface area contributed by atoms with Crippen molar-refractivity contribution >= 4 is 46.4 Å². The van der Waals surface area contributed by atoms with Crippen LogP contribution in [0.15, 0.2) is 72.8 Å². The van der Waals surface area contributed by atoms with E-state index in [1.807, 2.05) is 0 Å². The van der Waals surface area contributed by atoms with Crippen LogP contribution >= 0.6 is 23.2 Å². The smallest absolute Gasteiger partial charge is 0.416 e. The lowest BCUT2D eigenvalue weighted by atomic mass is 9.88. The number of anilines is 2. The van der Waals surface area contributed by atoms with E-state index < -0.39 is 46.6 Å². The monoisotopic (exact) mass is 718 g/mol. The number of rotatable bonds is 4. The number of fused-ring (bicyclic) bond motifs is 2. The van der Waals surface area contributed by atoms with Gasteiger partial charge in [-0.1, -0.05) is 35.3 Å². The van der Waals surface area contributed by atoms with Crippen LogP contribution in [0, 0.1) is 0 Å². The summed E-state index contributed by atoms with van der Waals surface area (Å²) in [5.41, 5.74) is -8.62. The molecule has 2 amide bonds. The molecule has 2 aliphatic rings. The Bertz CT molecular complexity index is 1810. The summed E-state index contributed by atoms with van der Waals surface area (Å²) in [5, 5.41) is 4.64. The maximum atomic E-state index is 15.7. The minimum atomic E-state index is -4.60. The second-order valence-electron chi connectivity index (χ2n) is 10.4. The van der Waals surface area contributed by atoms with E-state index in [0.29, 0.717) is 12.1 Å². The summed E-state index contributed by atoms with van der Waals surface area (Å²) in [6.45, 7) is 0. The van der Waals surface area contributed by atoms with Gasteiger partial charge in [0.15, 0.2) is 0 Å². The van der Waals surface area contributed by atoms with Gasteiger partial charge >= 0.3 is 12.4 Å². The number of nitrogens with one attached hydrogen (secondary N) is 2. The van der Waals surface area contributed by atoms with E-state index in [4.69, 9.17) is 32.7 Å². The van der Waals surface area contributed by atoms with Crippen LogP contribution in [-0.4, -0.2) is 26.0 Å². The molecule has 0 saturated carbocycles. The highest BCUT2D eigenvalue weighted by Crippen LogP contribution is 2.50. The minimum Gasteiger partial charge on any atom is -0.496 e. The van der Waals surface area contributed by atoms with Gasteiger partial charge in [-0.25, -0.2) is 8.78 Å². The van der Waals surface area contributed by atoms with Gasteiger partial charge in [0.1, 0.15) is 11.5 Å². The van der Waals surface area contributed by atoms with Gasteiger partial charge in [0.05, 0.1) is 25.3 Å². The van der Waals surface area contributed by atoms with Crippen LogP contribution in [0.1, 0.15) is 33.4 Å². The second-order valence-corrected chi connectivity index (χ2v) is 11.3. The number of methoxy groups -OCH3 is 2. The minimum absolute atomic E-state index is 0.0600. The molecule has 0 radical (unpaired) electrons. The summed E-state index contributed by atoms with van der Waals surface area (Å²) in [6, 6.07) is 12.8. The molecule has 0 aromatic heterocycles. The molecule has 0 unspecified atom stereocenters. The highest BCUT2D eigenvalue weighted by Gasteiger charge is 2.53. The molecule has 6 nitrogen and oxygen atoms in total. The molecule has 0 aliphatic carbocycles. The average molecular weight is 719 g/mol. The first-order valence-corrected chi connectivity index (χ1v) is 14.2. The number of alkyl halides is 8. The Labute approximate surface area is 276 Å². The van der Waals surface area contributed by atoms with E-state index in [1.54, 1.807) is 0 Å². The number of amides is 2. The van der Waals surface area contributed by atoms with Crippen molar-refractivity contribution in [2.24, 2.45) is 0 Å². The number of hydrogen-bond donors (Lipinski definition) is 2. The Morgan fingerprint density at radius 2 is 0.917 bits per heavy atom. The molecular formula is C32H20Cl2F8N2O4. The van der Waals surface area contributed by atoms with Crippen molar-refractivity contribution < 1.29 is 54.2 Å². The quantitative estimate of drug-likeness (QED) is 0.207. The van der Waals surface area contributed by atoms with Gasteiger partial charge in [-0.15, -0.1) is 0 Å². The van der Waals surface area contributed by atoms with E-state index in [0.717, 1.165) is 24.3 Å². The molecule has 2 aliphatic heterocycles. The van der Waals surface area contributed by atoms with E-state index in [9.17, 15) is 35.9 Å². The topological polar surface area (TPSA) is 76.7 Å². The Morgan fingerprint density at radius 3 is 1.23 bits per heavy atom. The maximum Gasteiger partial charge on any atom is 0.416 e. The van der Waals surface area contributed by atoms with Crippen LogP contribution < -0.4 is 20.1 Å². The molecule has 252 valence electrons. The Kier molecular flexibility index (Phi) is 8.80. The molecule has 2 atom stereocenters. The van der Waals surface area contributed by atoms with Gasteiger partial charge in [-0.05, 0) is 60.7 Å². The van der Waals surface area contributed by atoms with Crippen LogP contribution in [0.3, 0.4) is 0 Å².